The lowest BCUT2D eigenvalue weighted by atomic mass is 9.92. The van der Waals surface area contributed by atoms with Gasteiger partial charge in [-0.05, 0) is 43.8 Å². The molecule has 2 N–H and O–H groups in total. The molecule has 1 heterocycles. The number of carbonyl (C=O) groups excluding carboxylic acids is 1. The molecule has 0 bridgehead atoms. The van der Waals surface area contributed by atoms with E-state index in [-0.39, 0.29) is 29.5 Å². The molecule has 24 heavy (non-hydrogen) atoms. The van der Waals surface area contributed by atoms with E-state index in [1.54, 1.807) is 18.2 Å². The molecule has 4 nitrogen and oxygen atoms in total. The van der Waals surface area contributed by atoms with E-state index in [1.807, 2.05) is 0 Å². The topological polar surface area (TPSA) is 50.4 Å². The van der Waals surface area contributed by atoms with Crippen LogP contribution < -0.4 is 15.4 Å². The Morgan fingerprint density at radius 2 is 2.00 bits per heavy atom. The van der Waals surface area contributed by atoms with Crippen LogP contribution in [0.1, 0.15) is 24.8 Å². The van der Waals surface area contributed by atoms with Gasteiger partial charge in [0.25, 0.3) is 0 Å². The van der Waals surface area contributed by atoms with Crippen molar-refractivity contribution in [1.82, 2.24) is 10.6 Å². The van der Waals surface area contributed by atoms with Crippen LogP contribution in [0.3, 0.4) is 0 Å². The molecule has 1 aliphatic carbocycles. The van der Waals surface area contributed by atoms with Gasteiger partial charge in [0.15, 0.2) is 6.61 Å². The molecular formula is C17H21F3N2O2. The number of piperidine rings is 1. The van der Waals surface area contributed by atoms with Gasteiger partial charge in [-0.1, -0.05) is 18.2 Å². The van der Waals surface area contributed by atoms with E-state index in [9.17, 15) is 18.0 Å². The third-order valence-corrected chi connectivity index (χ3v) is 4.92. The molecular weight excluding hydrogens is 321 g/mol. The van der Waals surface area contributed by atoms with Crippen molar-refractivity contribution in [1.29, 1.82) is 0 Å². The van der Waals surface area contributed by atoms with Crippen molar-refractivity contribution >= 4 is 5.91 Å². The van der Waals surface area contributed by atoms with Gasteiger partial charge >= 0.3 is 6.18 Å². The second-order valence-corrected chi connectivity index (χ2v) is 6.60. The van der Waals surface area contributed by atoms with Crippen LogP contribution in [-0.4, -0.2) is 31.8 Å². The Balaban J connectivity index is 1.54. The predicted molar refractivity (Wildman–Crippen MR) is 82.5 cm³/mol. The quantitative estimate of drug-likeness (QED) is 0.865. The van der Waals surface area contributed by atoms with E-state index in [0.717, 1.165) is 32.4 Å². The van der Waals surface area contributed by atoms with Crippen molar-refractivity contribution in [3.63, 3.8) is 0 Å². The molecule has 1 atom stereocenters. The maximum absolute atomic E-state index is 12.3. The van der Waals surface area contributed by atoms with Gasteiger partial charge in [0, 0.05) is 18.0 Å². The molecule has 1 saturated carbocycles. The summed E-state index contributed by atoms with van der Waals surface area (Å²) in [6.45, 7) is 0.726. The summed E-state index contributed by atoms with van der Waals surface area (Å²) in [7, 11) is 0. The Bertz CT molecular complexity index is 598. The minimum atomic E-state index is -4.38. The number of amides is 1. The molecule has 1 aliphatic heterocycles. The van der Waals surface area contributed by atoms with Crippen LogP contribution in [-0.2, 0) is 11.3 Å². The Labute approximate surface area is 138 Å². The zero-order valence-electron chi connectivity index (χ0n) is 13.3. The first-order chi connectivity index (χ1) is 11.4. The van der Waals surface area contributed by atoms with Gasteiger partial charge in [0.2, 0.25) is 5.91 Å². The summed E-state index contributed by atoms with van der Waals surface area (Å²) in [5.41, 5.74) is 0.692. The number of benzene rings is 1. The van der Waals surface area contributed by atoms with Crippen molar-refractivity contribution in [3.8, 4) is 5.75 Å². The lowest BCUT2D eigenvalue weighted by Crippen LogP contribution is -2.33. The highest BCUT2D eigenvalue weighted by Crippen LogP contribution is 2.58. The summed E-state index contributed by atoms with van der Waals surface area (Å²) >= 11 is 0. The van der Waals surface area contributed by atoms with Gasteiger partial charge in [0.05, 0.1) is 0 Å². The summed E-state index contributed by atoms with van der Waals surface area (Å²) in [6.07, 6.45) is -1.45. The average molecular weight is 342 g/mol. The van der Waals surface area contributed by atoms with Crippen LogP contribution in [0.25, 0.3) is 0 Å². The fourth-order valence-electron chi connectivity index (χ4n) is 3.45. The van der Waals surface area contributed by atoms with E-state index in [0.29, 0.717) is 5.56 Å². The monoisotopic (exact) mass is 342 g/mol. The molecule has 3 rings (SSSR count). The van der Waals surface area contributed by atoms with Crippen molar-refractivity contribution in [2.24, 2.45) is 11.3 Å². The number of hydrogen-bond acceptors (Lipinski definition) is 3. The van der Waals surface area contributed by atoms with Crippen LogP contribution in [0, 0.1) is 11.3 Å². The minimum absolute atomic E-state index is 0.0116. The highest BCUT2D eigenvalue weighted by molar-refractivity contribution is 5.82. The van der Waals surface area contributed by atoms with Gasteiger partial charge < -0.3 is 15.4 Å². The van der Waals surface area contributed by atoms with Crippen LogP contribution >= 0.6 is 0 Å². The summed E-state index contributed by atoms with van der Waals surface area (Å²) in [4.78, 5) is 12.3. The molecule has 1 aromatic rings. The molecule has 2 fully saturated rings. The molecule has 0 radical (unpaired) electrons. The molecule has 1 amide bonds. The number of carbonyl (C=O) groups is 1. The van der Waals surface area contributed by atoms with Gasteiger partial charge in [-0.15, -0.1) is 0 Å². The number of hydrogen-bond donors (Lipinski definition) is 2. The molecule has 1 spiro atoms. The van der Waals surface area contributed by atoms with E-state index < -0.39 is 12.8 Å². The third kappa shape index (κ3) is 4.01. The lowest BCUT2D eigenvalue weighted by molar-refractivity contribution is -0.153. The average Bonchev–Trinajstić information content (AvgIpc) is 3.24. The largest absolute Gasteiger partial charge is 0.484 e. The van der Waals surface area contributed by atoms with Gasteiger partial charge in [0.1, 0.15) is 5.75 Å². The van der Waals surface area contributed by atoms with Crippen LogP contribution in [0.2, 0.25) is 0 Å². The fraction of sp³-hybridized carbons (Fsp3) is 0.588. The zero-order chi connectivity index (χ0) is 17.2. The van der Waals surface area contributed by atoms with Crippen LogP contribution in [0.15, 0.2) is 24.3 Å². The number of para-hydroxylation sites is 1. The highest BCUT2D eigenvalue weighted by Gasteiger charge is 2.57. The third-order valence-electron chi connectivity index (χ3n) is 4.92. The maximum atomic E-state index is 12.3. The fourth-order valence-corrected chi connectivity index (χ4v) is 3.45. The Hall–Kier alpha value is -1.76. The normalized spacial score (nSPS) is 22.2. The summed E-state index contributed by atoms with van der Waals surface area (Å²) in [6, 6.07) is 6.48. The van der Waals surface area contributed by atoms with E-state index in [4.69, 9.17) is 4.74 Å². The Kier molecular flexibility index (Phi) is 4.71. The lowest BCUT2D eigenvalue weighted by Gasteiger charge is -2.23. The molecule has 7 heteroatoms. The number of nitrogens with one attached hydrogen (secondary N) is 2. The van der Waals surface area contributed by atoms with E-state index in [1.165, 1.54) is 6.07 Å². The number of rotatable bonds is 5. The Morgan fingerprint density at radius 3 is 2.71 bits per heavy atom. The first kappa shape index (κ1) is 17.1. The van der Waals surface area contributed by atoms with Crippen LogP contribution in [0.4, 0.5) is 13.2 Å². The first-order valence-electron chi connectivity index (χ1n) is 8.16. The van der Waals surface area contributed by atoms with Crippen molar-refractivity contribution in [2.75, 3.05) is 19.7 Å². The standard InChI is InChI=1S/C17H21F3N2O2/c18-17(19,20)11-24-14-4-2-1-3-12(14)10-22-15(23)13-9-16(13)5-7-21-8-6-16/h1-4,13,21H,5-11H2,(H,22,23). The predicted octanol–water partition coefficient (Wildman–Crippen LogP) is 2.63. The smallest absolute Gasteiger partial charge is 0.422 e. The second kappa shape index (κ2) is 6.63. The molecule has 132 valence electrons. The zero-order valence-corrected chi connectivity index (χ0v) is 13.3. The number of ether oxygens (including phenoxy) is 1. The summed E-state index contributed by atoms with van der Waals surface area (Å²) in [5, 5.41) is 6.14. The van der Waals surface area contributed by atoms with E-state index >= 15 is 0 Å². The SMILES string of the molecule is O=C(NCc1ccccc1OCC(F)(F)F)C1CC12CCNCC2. The van der Waals surface area contributed by atoms with Crippen molar-refractivity contribution in [3.05, 3.63) is 29.8 Å². The number of halogens is 3. The minimum Gasteiger partial charge on any atom is -0.484 e. The van der Waals surface area contributed by atoms with Gasteiger partial charge in [-0.25, -0.2) is 0 Å². The molecule has 1 saturated heterocycles. The maximum Gasteiger partial charge on any atom is 0.422 e. The van der Waals surface area contributed by atoms with Gasteiger partial charge in [-0.3, -0.25) is 4.79 Å². The van der Waals surface area contributed by atoms with Crippen molar-refractivity contribution in [2.45, 2.75) is 32.0 Å². The van der Waals surface area contributed by atoms with Gasteiger partial charge in [-0.2, -0.15) is 13.2 Å². The second-order valence-electron chi connectivity index (χ2n) is 6.60. The molecule has 2 aliphatic rings. The first-order valence-corrected chi connectivity index (χ1v) is 8.16. The van der Waals surface area contributed by atoms with Crippen LogP contribution in [0.5, 0.6) is 5.75 Å². The molecule has 1 unspecified atom stereocenters. The highest BCUT2D eigenvalue weighted by atomic mass is 19.4. The van der Waals surface area contributed by atoms with E-state index in [2.05, 4.69) is 10.6 Å². The summed E-state index contributed by atoms with van der Waals surface area (Å²) < 4.78 is 41.7. The Morgan fingerprint density at radius 1 is 1.29 bits per heavy atom. The molecule has 0 aromatic heterocycles. The number of alkyl halides is 3. The molecule has 1 aromatic carbocycles. The van der Waals surface area contributed by atoms with Crippen molar-refractivity contribution < 1.29 is 22.7 Å². The summed E-state index contributed by atoms with van der Waals surface area (Å²) in [5.74, 6) is 0.174.